The Morgan fingerprint density at radius 2 is 2.18 bits per heavy atom. The number of amides is 1. The van der Waals surface area contributed by atoms with Gasteiger partial charge < -0.3 is 15.7 Å². The molecule has 0 aromatic carbocycles. The van der Waals surface area contributed by atoms with Crippen molar-refractivity contribution in [2.24, 2.45) is 5.41 Å². The Balaban J connectivity index is 1.75. The van der Waals surface area contributed by atoms with E-state index in [-0.39, 0.29) is 6.04 Å². The Morgan fingerprint density at radius 3 is 2.55 bits per heavy atom. The molecule has 2 aliphatic rings. The molecule has 1 spiro atoms. The van der Waals surface area contributed by atoms with Crippen LogP contribution in [0.4, 0.5) is 4.79 Å². The fourth-order valence-corrected chi connectivity index (χ4v) is 2.03. The van der Waals surface area contributed by atoms with Gasteiger partial charge in [-0.1, -0.05) is 0 Å². The van der Waals surface area contributed by atoms with Gasteiger partial charge in [0.25, 0.3) is 0 Å². The van der Waals surface area contributed by atoms with E-state index in [2.05, 4.69) is 10.6 Å². The minimum absolute atomic E-state index is 0.217. The SMILES string of the molecule is O=C(O)NC1CC2(CNC2)C1. The fraction of sp³-hybridized carbons (Fsp3) is 0.857. The first-order valence-electron chi connectivity index (χ1n) is 3.90. The molecule has 3 N–H and O–H groups in total. The van der Waals surface area contributed by atoms with E-state index in [1.807, 2.05) is 0 Å². The summed E-state index contributed by atoms with van der Waals surface area (Å²) in [6, 6.07) is 0.217. The van der Waals surface area contributed by atoms with Gasteiger partial charge in [-0.15, -0.1) is 0 Å². The lowest BCUT2D eigenvalue weighted by molar-refractivity contribution is 0.0249. The van der Waals surface area contributed by atoms with Gasteiger partial charge in [-0.3, -0.25) is 0 Å². The first-order chi connectivity index (χ1) is 5.20. The van der Waals surface area contributed by atoms with Crippen LogP contribution in [0.3, 0.4) is 0 Å². The molecule has 1 saturated carbocycles. The summed E-state index contributed by atoms with van der Waals surface area (Å²) in [6.45, 7) is 2.15. The highest BCUT2D eigenvalue weighted by molar-refractivity contribution is 5.65. The van der Waals surface area contributed by atoms with Crippen LogP contribution >= 0.6 is 0 Å². The third kappa shape index (κ3) is 1.07. The number of nitrogens with one attached hydrogen (secondary N) is 2. The van der Waals surface area contributed by atoms with E-state index in [0.717, 1.165) is 25.9 Å². The van der Waals surface area contributed by atoms with Crippen molar-refractivity contribution in [2.45, 2.75) is 18.9 Å². The highest BCUT2D eigenvalue weighted by Gasteiger charge is 2.48. The molecule has 11 heavy (non-hydrogen) atoms. The van der Waals surface area contributed by atoms with Gasteiger partial charge in [0.15, 0.2) is 0 Å². The third-order valence-corrected chi connectivity index (χ3v) is 2.69. The first kappa shape index (κ1) is 6.91. The van der Waals surface area contributed by atoms with Crippen molar-refractivity contribution in [3.63, 3.8) is 0 Å². The van der Waals surface area contributed by atoms with E-state index in [4.69, 9.17) is 5.11 Å². The molecule has 1 saturated heterocycles. The molecule has 1 aliphatic carbocycles. The Labute approximate surface area is 65.0 Å². The number of hydrogen-bond acceptors (Lipinski definition) is 2. The number of hydrogen-bond donors (Lipinski definition) is 3. The summed E-state index contributed by atoms with van der Waals surface area (Å²) < 4.78 is 0. The predicted molar refractivity (Wildman–Crippen MR) is 39.5 cm³/mol. The summed E-state index contributed by atoms with van der Waals surface area (Å²) in [7, 11) is 0. The molecule has 0 unspecified atom stereocenters. The van der Waals surface area contributed by atoms with Crippen molar-refractivity contribution in [1.82, 2.24) is 10.6 Å². The quantitative estimate of drug-likeness (QED) is 0.501. The molecule has 62 valence electrons. The van der Waals surface area contributed by atoms with E-state index < -0.39 is 6.09 Å². The number of carboxylic acid groups (broad SMARTS) is 1. The molecule has 2 rings (SSSR count). The van der Waals surface area contributed by atoms with Crippen LogP contribution in [0.5, 0.6) is 0 Å². The lowest BCUT2D eigenvalue weighted by Gasteiger charge is -2.54. The Morgan fingerprint density at radius 1 is 1.55 bits per heavy atom. The van der Waals surface area contributed by atoms with Gasteiger partial charge in [0.1, 0.15) is 0 Å². The lowest BCUT2D eigenvalue weighted by atomic mass is 9.62. The van der Waals surface area contributed by atoms with Crippen LogP contribution in [-0.2, 0) is 0 Å². The van der Waals surface area contributed by atoms with Crippen molar-refractivity contribution in [3.8, 4) is 0 Å². The largest absolute Gasteiger partial charge is 0.465 e. The molecule has 1 aliphatic heterocycles. The summed E-state index contributed by atoms with van der Waals surface area (Å²) in [4.78, 5) is 10.2. The Kier molecular flexibility index (Phi) is 1.32. The van der Waals surface area contributed by atoms with Gasteiger partial charge in [0.2, 0.25) is 0 Å². The smallest absolute Gasteiger partial charge is 0.404 e. The average Bonchev–Trinajstić information content (AvgIpc) is 1.71. The van der Waals surface area contributed by atoms with Gasteiger partial charge in [-0.25, -0.2) is 4.79 Å². The highest BCUT2D eigenvalue weighted by atomic mass is 16.4. The van der Waals surface area contributed by atoms with Crippen LogP contribution in [-0.4, -0.2) is 30.3 Å². The molecular formula is C7H12N2O2. The Bertz CT molecular complexity index is 181. The molecule has 0 aromatic rings. The summed E-state index contributed by atoms with van der Waals surface area (Å²) in [5.41, 5.74) is 0.465. The zero-order chi connectivity index (χ0) is 7.90. The van der Waals surface area contributed by atoms with Crippen molar-refractivity contribution in [1.29, 1.82) is 0 Å². The molecule has 1 heterocycles. The Hall–Kier alpha value is -0.770. The summed E-state index contributed by atoms with van der Waals surface area (Å²) in [5.74, 6) is 0. The topological polar surface area (TPSA) is 61.4 Å². The van der Waals surface area contributed by atoms with Crippen LogP contribution in [0, 0.1) is 5.41 Å². The van der Waals surface area contributed by atoms with Crippen LogP contribution in [0.15, 0.2) is 0 Å². The van der Waals surface area contributed by atoms with E-state index in [1.54, 1.807) is 0 Å². The minimum atomic E-state index is -0.892. The average molecular weight is 156 g/mol. The minimum Gasteiger partial charge on any atom is -0.465 e. The molecule has 2 fully saturated rings. The fourth-order valence-electron chi connectivity index (χ4n) is 2.03. The van der Waals surface area contributed by atoms with Gasteiger partial charge in [0.05, 0.1) is 0 Å². The van der Waals surface area contributed by atoms with E-state index in [0.29, 0.717) is 5.41 Å². The number of rotatable bonds is 1. The number of carbonyl (C=O) groups is 1. The van der Waals surface area contributed by atoms with Crippen LogP contribution in [0.1, 0.15) is 12.8 Å². The third-order valence-electron chi connectivity index (χ3n) is 2.69. The summed E-state index contributed by atoms with van der Waals surface area (Å²) in [6.07, 6.45) is 1.15. The molecule has 0 aromatic heterocycles. The molecule has 0 atom stereocenters. The summed E-state index contributed by atoms with van der Waals surface area (Å²) >= 11 is 0. The van der Waals surface area contributed by atoms with Crippen molar-refractivity contribution in [3.05, 3.63) is 0 Å². The second kappa shape index (κ2) is 2.11. The van der Waals surface area contributed by atoms with Crippen LogP contribution < -0.4 is 10.6 Å². The van der Waals surface area contributed by atoms with Gasteiger partial charge >= 0.3 is 6.09 Å². The van der Waals surface area contributed by atoms with Gasteiger partial charge in [-0.05, 0) is 18.3 Å². The maximum Gasteiger partial charge on any atom is 0.404 e. The van der Waals surface area contributed by atoms with E-state index >= 15 is 0 Å². The van der Waals surface area contributed by atoms with Crippen LogP contribution in [0.2, 0.25) is 0 Å². The molecular weight excluding hydrogens is 144 g/mol. The van der Waals surface area contributed by atoms with Crippen molar-refractivity contribution < 1.29 is 9.90 Å². The van der Waals surface area contributed by atoms with Crippen molar-refractivity contribution >= 4 is 6.09 Å². The maximum atomic E-state index is 10.2. The first-order valence-corrected chi connectivity index (χ1v) is 3.90. The predicted octanol–water partition coefficient (Wildman–Crippen LogP) is 0.00600. The summed E-state index contributed by atoms with van der Waals surface area (Å²) in [5, 5.41) is 14.1. The zero-order valence-corrected chi connectivity index (χ0v) is 6.26. The normalized spacial score (nSPS) is 27.3. The van der Waals surface area contributed by atoms with E-state index in [1.165, 1.54) is 0 Å². The van der Waals surface area contributed by atoms with Gasteiger partial charge in [0, 0.05) is 19.1 Å². The second-order valence-electron chi connectivity index (χ2n) is 3.66. The van der Waals surface area contributed by atoms with Crippen LogP contribution in [0.25, 0.3) is 0 Å². The molecule has 0 radical (unpaired) electrons. The highest BCUT2D eigenvalue weighted by Crippen LogP contribution is 2.43. The maximum absolute atomic E-state index is 10.2. The molecule has 4 nitrogen and oxygen atoms in total. The molecule has 4 heteroatoms. The monoisotopic (exact) mass is 156 g/mol. The lowest BCUT2D eigenvalue weighted by Crippen LogP contribution is -2.65. The molecule has 0 bridgehead atoms. The zero-order valence-electron chi connectivity index (χ0n) is 6.26. The molecule has 1 amide bonds. The van der Waals surface area contributed by atoms with Crippen molar-refractivity contribution in [2.75, 3.05) is 13.1 Å². The standard InChI is InChI=1S/C7H12N2O2/c10-6(11)9-5-1-7(2-5)3-8-4-7/h5,8-9H,1-4H2,(H,10,11). The second-order valence-corrected chi connectivity index (χ2v) is 3.66. The van der Waals surface area contributed by atoms with E-state index in [9.17, 15) is 4.79 Å². The van der Waals surface area contributed by atoms with Gasteiger partial charge in [-0.2, -0.15) is 0 Å².